The van der Waals surface area contributed by atoms with Crippen molar-refractivity contribution in [2.75, 3.05) is 0 Å². The maximum Gasteiger partial charge on any atom is 0.204 e. The summed E-state index contributed by atoms with van der Waals surface area (Å²) >= 11 is 0. The van der Waals surface area contributed by atoms with Crippen LogP contribution >= 0.6 is 0 Å². The number of hydrogen-bond donors (Lipinski definition) is 1. The Hall–Kier alpha value is -0.870. The van der Waals surface area contributed by atoms with Crippen LogP contribution in [0.5, 0.6) is 0 Å². The van der Waals surface area contributed by atoms with Crippen LogP contribution in [0.25, 0.3) is 0 Å². The molecule has 4 heteroatoms. The SMILES string of the molecule is CCCCCCCC(O)S(=O)(=O)c1ccc(C)cc1. The molecule has 1 aromatic carbocycles. The number of aliphatic hydroxyl groups excluding tert-OH is 1. The van der Waals surface area contributed by atoms with Crippen LogP contribution in [0.4, 0.5) is 0 Å². The molecule has 1 N–H and O–H groups in total. The predicted molar refractivity (Wildman–Crippen MR) is 77.7 cm³/mol. The molecule has 0 heterocycles. The van der Waals surface area contributed by atoms with Crippen LogP contribution in [-0.4, -0.2) is 19.0 Å². The van der Waals surface area contributed by atoms with Crippen molar-refractivity contribution in [1.82, 2.24) is 0 Å². The number of aryl methyl sites for hydroxylation is 1. The largest absolute Gasteiger partial charge is 0.377 e. The highest BCUT2D eigenvalue weighted by atomic mass is 32.2. The van der Waals surface area contributed by atoms with Crippen LogP contribution in [0.15, 0.2) is 29.2 Å². The summed E-state index contributed by atoms with van der Waals surface area (Å²) in [5, 5.41) is 9.87. The van der Waals surface area contributed by atoms with E-state index in [9.17, 15) is 13.5 Å². The Morgan fingerprint density at radius 2 is 1.63 bits per heavy atom. The molecular weight excluding hydrogens is 260 g/mol. The Morgan fingerprint density at radius 3 is 2.21 bits per heavy atom. The smallest absolute Gasteiger partial charge is 0.204 e. The van der Waals surface area contributed by atoms with Gasteiger partial charge < -0.3 is 5.11 Å². The van der Waals surface area contributed by atoms with Gasteiger partial charge in [0.15, 0.2) is 5.44 Å². The number of aliphatic hydroxyl groups is 1. The molecule has 0 amide bonds. The van der Waals surface area contributed by atoms with E-state index >= 15 is 0 Å². The molecule has 0 fully saturated rings. The van der Waals surface area contributed by atoms with Crippen molar-refractivity contribution in [3.05, 3.63) is 29.8 Å². The van der Waals surface area contributed by atoms with Gasteiger partial charge in [-0.3, -0.25) is 0 Å². The molecular formula is C15H24O3S. The van der Waals surface area contributed by atoms with E-state index < -0.39 is 15.3 Å². The quantitative estimate of drug-likeness (QED) is 0.744. The maximum absolute atomic E-state index is 12.1. The summed E-state index contributed by atoms with van der Waals surface area (Å²) in [4.78, 5) is 0.208. The van der Waals surface area contributed by atoms with E-state index in [2.05, 4.69) is 6.92 Å². The van der Waals surface area contributed by atoms with Crippen LogP contribution in [0, 0.1) is 6.92 Å². The van der Waals surface area contributed by atoms with Gasteiger partial charge >= 0.3 is 0 Å². The number of rotatable bonds is 8. The third kappa shape index (κ3) is 4.96. The third-order valence-electron chi connectivity index (χ3n) is 3.26. The van der Waals surface area contributed by atoms with Gasteiger partial charge in [-0.15, -0.1) is 0 Å². The fraction of sp³-hybridized carbons (Fsp3) is 0.600. The van der Waals surface area contributed by atoms with E-state index in [0.717, 1.165) is 31.2 Å². The average Bonchev–Trinajstić information content (AvgIpc) is 2.38. The molecule has 0 saturated carbocycles. The molecule has 0 bridgehead atoms. The first-order valence-electron chi connectivity index (χ1n) is 6.97. The second-order valence-corrected chi connectivity index (χ2v) is 7.12. The highest BCUT2D eigenvalue weighted by molar-refractivity contribution is 7.91. The monoisotopic (exact) mass is 284 g/mol. The molecule has 1 rings (SSSR count). The lowest BCUT2D eigenvalue weighted by molar-refractivity contribution is 0.233. The molecule has 0 saturated heterocycles. The first kappa shape index (κ1) is 16.2. The molecule has 0 radical (unpaired) electrons. The summed E-state index contributed by atoms with van der Waals surface area (Å²) in [7, 11) is -3.59. The van der Waals surface area contributed by atoms with Crippen molar-refractivity contribution < 1.29 is 13.5 Å². The molecule has 19 heavy (non-hydrogen) atoms. The lowest BCUT2D eigenvalue weighted by atomic mass is 10.1. The minimum atomic E-state index is -3.59. The lowest BCUT2D eigenvalue weighted by Crippen LogP contribution is -2.20. The van der Waals surface area contributed by atoms with Crippen LogP contribution in [0.1, 0.15) is 51.0 Å². The first-order chi connectivity index (χ1) is 8.98. The van der Waals surface area contributed by atoms with Crippen molar-refractivity contribution in [3.63, 3.8) is 0 Å². The second kappa shape index (κ2) is 7.65. The summed E-state index contributed by atoms with van der Waals surface area (Å²) in [6.07, 6.45) is 5.49. The molecule has 0 aliphatic heterocycles. The topological polar surface area (TPSA) is 54.4 Å². The summed E-state index contributed by atoms with van der Waals surface area (Å²) in [5.41, 5.74) is -0.273. The minimum Gasteiger partial charge on any atom is -0.377 e. The Labute approximate surface area is 116 Å². The minimum absolute atomic E-state index is 0.208. The van der Waals surface area contributed by atoms with E-state index in [-0.39, 0.29) is 4.90 Å². The van der Waals surface area contributed by atoms with E-state index in [4.69, 9.17) is 0 Å². The maximum atomic E-state index is 12.1. The van der Waals surface area contributed by atoms with Crippen LogP contribution in [0.3, 0.4) is 0 Å². The summed E-state index contributed by atoms with van der Waals surface area (Å²) < 4.78 is 24.2. The van der Waals surface area contributed by atoms with Gasteiger partial charge in [-0.25, -0.2) is 8.42 Å². The van der Waals surface area contributed by atoms with Gasteiger partial charge in [0.1, 0.15) is 0 Å². The Kier molecular flexibility index (Phi) is 6.52. The molecule has 0 aromatic heterocycles. The van der Waals surface area contributed by atoms with E-state index in [1.54, 1.807) is 24.3 Å². The highest BCUT2D eigenvalue weighted by Gasteiger charge is 2.24. The number of sulfone groups is 1. The van der Waals surface area contributed by atoms with Gasteiger partial charge in [0.05, 0.1) is 4.90 Å². The molecule has 0 aliphatic carbocycles. The Balaban J connectivity index is 2.54. The fourth-order valence-electron chi connectivity index (χ4n) is 1.96. The van der Waals surface area contributed by atoms with Gasteiger partial charge in [-0.2, -0.15) is 0 Å². The summed E-state index contributed by atoms with van der Waals surface area (Å²) in [6.45, 7) is 4.04. The summed E-state index contributed by atoms with van der Waals surface area (Å²) in [6, 6.07) is 6.62. The fourth-order valence-corrected chi connectivity index (χ4v) is 3.27. The Bertz CT molecular complexity index is 463. The number of hydrogen-bond acceptors (Lipinski definition) is 3. The molecule has 108 valence electrons. The zero-order valence-corrected chi connectivity index (χ0v) is 12.6. The molecule has 3 nitrogen and oxygen atoms in total. The van der Waals surface area contributed by atoms with Crippen molar-refractivity contribution in [1.29, 1.82) is 0 Å². The number of benzene rings is 1. The normalized spacial score (nSPS) is 13.4. The zero-order chi connectivity index (χ0) is 14.3. The van der Waals surface area contributed by atoms with Gasteiger partial charge in [0.2, 0.25) is 9.84 Å². The van der Waals surface area contributed by atoms with Crippen molar-refractivity contribution in [2.45, 2.75) is 62.7 Å². The molecule has 1 unspecified atom stereocenters. The number of unbranched alkanes of at least 4 members (excludes halogenated alkanes) is 4. The molecule has 0 spiro atoms. The third-order valence-corrected chi connectivity index (χ3v) is 5.14. The van der Waals surface area contributed by atoms with Crippen molar-refractivity contribution in [3.8, 4) is 0 Å². The van der Waals surface area contributed by atoms with Crippen molar-refractivity contribution >= 4 is 9.84 Å². The molecule has 1 atom stereocenters. The van der Waals surface area contributed by atoms with Crippen molar-refractivity contribution in [2.24, 2.45) is 0 Å². The van der Waals surface area contributed by atoms with E-state index in [1.807, 2.05) is 6.92 Å². The van der Waals surface area contributed by atoms with Crippen LogP contribution in [-0.2, 0) is 9.84 Å². The average molecular weight is 284 g/mol. The van der Waals surface area contributed by atoms with Crippen LogP contribution < -0.4 is 0 Å². The molecule has 1 aromatic rings. The van der Waals surface area contributed by atoms with Crippen LogP contribution in [0.2, 0.25) is 0 Å². The summed E-state index contributed by atoms with van der Waals surface area (Å²) in [5.74, 6) is 0. The van der Waals surface area contributed by atoms with Gasteiger partial charge in [0.25, 0.3) is 0 Å². The van der Waals surface area contributed by atoms with E-state index in [1.165, 1.54) is 6.42 Å². The van der Waals surface area contributed by atoms with Gasteiger partial charge in [-0.1, -0.05) is 50.3 Å². The predicted octanol–water partition coefficient (Wildman–Crippen LogP) is 3.45. The molecule has 0 aliphatic rings. The lowest BCUT2D eigenvalue weighted by Gasteiger charge is -2.12. The first-order valence-corrected chi connectivity index (χ1v) is 8.51. The van der Waals surface area contributed by atoms with E-state index in [0.29, 0.717) is 6.42 Å². The standard InChI is InChI=1S/C15H24O3S/c1-3-4-5-6-7-8-15(16)19(17,18)14-11-9-13(2)10-12-14/h9-12,15-16H,3-8H2,1-2H3. The second-order valence-electron chi connectivity index (χ2n) is 5.02. The highest BCUT2D eigenvalue weighted by Crippen LogP contribution is 2.19. The van der Waals surface area contributed by atoms with Gasteiger partial charge in [0, 0.05) is 0 Å². The Morgan fingerprint density at radius 1 is 1.05 bits per heavy atom. The zero-order valence-electron chi connectivity index (χ0n) is 11.8. The van der Waals surface area contributed by atoms with Gasteiger partial charge in [-0.05, 0) is 31.9 Å².